The van der Waals surface area contributed by atoms with E-state index in [4.69, 9.17) is 22.9 Å². The molecule has 0 heterocycles. The number of nitrogens with zero attached hydrogens (tertiary/aromatic N) is 1. The van der Waals surface area contributed by atoms with Crippen molar-refractivity contribution in [1.29, 1.82) is 0 Å². The Morgan fingerprint density at radius 3 is 1.96 bits per heavy atom. The lowest BCUT2D eigenvalue weighted by Gasteiger charge is -2.26. The van der Waals surface area contributed by atoms with Crippen LogP contribution in [-0.2, 0) is 25.6 Å². The molecule has 14 heteroatoms. The maximum atomic E-state index is 13.7. The smallest absolute Gasteiger partial charge is 0.326 e. The second kappa shape index (κ2) is 20.4. The molecule has 0 aromatic heterocycles. The summed E-state index contributed by atoms with van der Waals surface area (Å²) >= 11 is 0. The number of carbonyl (C=O) groups excluding carboxylic acids is 3. The number of benzene rings is 1. The minimum absolute atomic E-state index is 0.00521. The number of aliphatic hydroxyl groups is 1. The Labute approximate surface area is 270 Å². The van der Waals surface area contributed by atoms with Crippen LogP contribution < -0.4 is 38.9 Å². The minimum atomic E-state index is -1.32. The van der Waals surface area contributed by atoms with Crippen molar-refractivity contribution in [2.45, 2.75) is 83.0 Å². The van der Waals surface area contributed by atoms with Crippen molar-refractivity contribution >= 4 is 29.7 Å². The average molecular weight is 643 g/mol. The maximum absolute atomic E-state index is 13.7. The summed E-state index contributed by atoms with van der Waals surface area (Å²) in [5.41, 5.74) is 24.6. The maximum Gasteiger partial charge on any atom is 0.326 e. The summed E-state index contributed by atoms with van der Waals surface area (Å²) in [5.74, 6) is -3.74. The molecule has 4 atom stereocenters. The lowest BCUT2D eigenvalue weighted by atomic mass is 9.94. The molecule has 46 heavy (non-hydrogen) atoms. The van der Waals surface area contributed by atoms with Crippen LogP contribution in [0.3, 0.4) is 0 Å². The van der Waals surface area contributed by atoms with Gasteiger partial charge in [-0.3, -0.25) is 19.4 Å². The lowest BCUT2D eigenvalue weighted by Crippen LogP contribution is -2.57. The zero-order chi connectivity index (χ0) is 34.8. The standard InChI is InChI=1S/C32H50N8O6/c1-19(2)23(20(3)21(4)41)18-27(30(44)39-26(31(45)46)14-10-16-37-32(35)36)40-29(43)25(13-8-9-15-33)38-28(42)24(34)17-22-11-6-5-7-12-22/h5-7,11-12,24-27,41H,1,4,8-10,13-18,33-34H2,2-3H3,(H,38,42)(H,39,44)(H,40,43)(H,45,46)(H4,35,36,37)/b23-20-. The first kappa shape index (κ1) is 39.3. The molecule has 13 N–H and O–H groups in total. The molecular formula is C32H50N8O6. The molecule has 1 aromatic rings. The van der Waals surface area contributed by atoms with Gasteiger partial charge in [0, 0.05) is 13.0 Å². The molecule has 1 rings (SSSR count). The molecule has 254 valence electrons. The third kappa shape index (κ3) is 14.4. The SMILES string of the molecule is C=C(O)/C(C)=C(/CC(NC(=O)C(CCCCN)NC(=O)C(N)Cc1ccccc1)C(=O)NC(CCCN=C(N)N)C(=O)O)C(=C)C. The van der Waals surface area contributed by atoms with Gasteiger partial charge in [-0.1, -0.05) is 49.1 Å². The van der Waals surface area contributed by atoms with Crippen molar-refractivity contribution < 1.29 is 29.4 Å². The molecule has 0 saturated carbocycles. The average Bonchev–Trinajstić information content (AvgIpc) is 2.99. The van der Waals surface area contributed by atoms with Crippen LogP contribution >= 0.6 is 0 Å². The highest BCUT2D eigenvalue weighted by molar-refractivity contribution is 5.94. The fraction of sp³-hybridized carbons (Fsp3) is 0.469. The highest BCUT2D eigenvalue weighted by atomic mass is 16.4. The normalized spacial score (nSPS) is 14.0. The molecule has 0 spiro atoms. The molecule has 0 aliphatic rings. The lowest BCUT2D eigenvalue weighted by molar-refractivity contribution is -0.142. The molecule has 0 radical (unpaired) electrons. The highest BCUT2D eigenvalue weighted by Crippen LogP contribution is 2.23. The Kier molecular flexibility index (Phi) is 17.4. The summed E-state index contributed by atoms with van der Waals surface area (Å²) in [6, 6.07) is 4.52. The fourth-order valence-corrected chi connectivity index (χ4v) is 4.54. The second-order valence-corrected chi connectivity index (χ2v) is 11.1. The Hall–Kier alpha value is -4.69. The van der Waals surface area contributed by atoms with E-state index in [9.17, 15) is 29.4 Å². The van der Waals surface area contributed by atoms with E-state index in [1.165, 1.54) is 0 Å². The van der Waals surface area contributed by atoms with E-state index in [0.717, 1.165) is 5.56 Å². The minimum Gasteiger partial charge on any atom is -0.508 e. The number of hydrogen-bond acceptors (Lipinski definition) is 8. The van der Waals surface area contributed by atoms with E-state index >= 15 is 0 Å². The number of allylic oxidation sites excluding steroid dienone is 2. The number of rotatable bonds is 21. The molecule has 3 amide bonds. The number of aliphatic imine (C=N–C) groups is 1. The van der Waals surface area contributed by atoms with Gasteiger partial charge in [0.1, 0.15) is 23.9 Å². The van der Waals surface area contributed by atoms with Gasteiger partial charge >= 0.3 is 5.97 Å². The molecule has 1 aromatic carbocycles. The zero-order valence-electron chi connectivity index (χ0n) is 26.8. The van der Waals surface area contributed by atoms with E-state index < -0.39 is 47.9 Å². The summed E-state index contributed by atoms with van der Waals surface area (Å²) in [7, 11) is 0. The number of aliphatic carboxylic acids is 1. The van der Waals surface area contributed by atoms with Crippen LogP contribution in [0.5, 0.6) is 0 Å². The third-order valence-corrected chi connectivity index (χ3v) is 7.22. The van der Waals surface area contributed by atoms with Crippen molar-refractivity contribution in [2.24, 2.45) is 27.9 Å². The van der Waals surface area contributed by atoms with Crippen molar-refractivity contribution in [2.75, 3.05) is 13.1 Å². The first-order chi connectivity index (χ1) is 21.7. The predicted molar refractivity (Wildman–Crippen MR) is 178 cm³/mol. The number of carboxylic acid groups (broad SMARTS) is 1. The largest absolute Gasteiger partial charge is 0.508 e. The first-order valence-corrected chi connectivity index (χ1v) is 15.1. The van der Waals surface area contributed by atoms with E-state index in [1.54, 1.807) is 13.8 Å². The molecule has 4 unspecified atom stereocenters. The summed E-state index contributed by atoms with van der Waals surface area (Å²) in [5, 5.41) is 27.7. The number of amides is 3. The number of unbranched alkanes of at least 4 members (excludes halogenated alkanes) is 1. The van der Waals surface area contributed by atoms with Gasteiger partial charge in [-0.05, 0) is 75.6 Å². The summed E-state index contributed by atoms with van der Waals surface area (Å²) in [6.07, 6.45) is 1.63. The van der Waals surface area contributed by atoms with E-state index in [1.807, 2.05) is 30.3 Å². The van der Waals surface area contributed by atoms with Gasteiger partial charge in [0.2, 0.25) is 17.7 Å². The van der Waals surface area contributed by atoms with Crippen molar-refractivity contribution in [1.82, 2.24) is 16.0 Å². The molecule has 0 bridgehead atoms. The summed E-state index contributed by atoms with van der Waals surface area (Å²) in [6.45, 7) is 11.2. The summed E-state index contributed by atoms with van der Waals surface area (Å²) in [4.78, 5) is 56.1. The van der Waals surface area contributed by atoms with E-state index in [-0.39, 0.29) is 50.4 Å². The van der Waals surface area contributed by atoms with E-state index in [0.29, 0.717) is 36.1 Å². The molecule has 14 nitrogen and oxygen atoms in total. The predicted octanol–water partition coefficient (Wildman–Crippen LogP) is 0.632. The number of guanidine groups is 1. The van der Waals surface area contributed by atoms with Gasteiger partial charge in [0.15, 0.2) is 5.96 Å². The van der Waals surface area contributed by atoms with Crippen LogP contribution in [0.1, 0.15) is 57.9 Å². The summed E-state index contributed by atoms with van der Waals surface area (Å²) < 4.78 is 0. The second-order valence-electron chi connectivity index (χ2n) is 11.1. The molecular weight excluding hydrogens is 592 g/mol. The fourth-order valence-electron chi connectivity index (χ4n) is 4.54. The number of carboxylic acids is 1. The Bertz CT molecular complexity index is 1280. The van der Waals surface area contributed by atoms with Gasteiger partial charge in [0.05, 0.1) is 6.04 Å². The Balaban J connectivity index is 3.31. The Morgan fingerprint density at radius 1 is 0.848 bits per heavy atom. The third-order valence-electron chi connectivity index (χ3n) is 7.22. The van der Waals surface area contributed by atoms with Crippen molar-refractivity contribution in [3.05, 3.63) is 71.5 Å². The van der Waals surface area contributed by atoms with Crippen molar-refractivity contribution in [3.63, 3.8) is 0 Å². The molecule has 0 aliphatic heterocycles. The van der Waals surface area contributed by atoms with Crippen LogP contribution in [0.4, 0.5) is 0 Å². The first-order valence-electron chi connectivity index (χ1n) is 15.1. The number of nitrogens with one attached hydrogen (secondary N) is 3. The quantitative estimate of drug-likeness (QED) is 0.0297. The Morgan fingerprint density at radius 2 is 1.41 bits per heavy atom. The van der Waals surface area contributed by atoms with Gasteiger partial charge < -0.3 is 49.1 Å². The van der Waals surface area contributed by atoms with Crippen LogP contribution in [0.2, 0.25) is 0 Å². The van der Waals surface area contributed by atoms with E-state index in [2.05, 4.69) is 34.1 Å². The number of nitrogens with two attached hydrogens (primary N) is 4. The number of hydrogen-bond donors (Lipinski definition) is 9. The number of aliphatic hydroxyl groups excluding tert-OH is 1. The van der Waals surface area contributed by atoms with Gasteiger partial charge in [-0.15, -0.1) is 0 Å². The van der Waals surface area contributed by atoms with Gasteiger partial charge in [-0.2, -0.15) is 0 Å². The zero-order valence-corrected chi connectivity index (χ0v) is 26.8. The van der Waals surface area contributed by atoms with Crippen molar-refractivity contribution in [3.8, 4) is 0 Å². The highest BCUT2D eigenvalue weighted by Gasteiger charge is 2.31. The van der Waals surface area contributed by atoms with Crippen LogP contribution in [0, 0.1) is 0 Å². The molecule has 0 saturated heterocycles. The number of carbonyl (C=O) groups is 4. The molecule has 0 fully saturated rings. The van der Waals surface area contributed by atoms with Crippen LogP contribution in [-0.4, -0.2) is 77.1 Å². The topological polar surface area (TPSA) is 261 Å². The molecule has 0 aliphatic carbocycles. The van der Waals surface area contributed by atoms with Crippen LogP contribution in [0.25, 0.3) is 0 Å². The van der Waals surface area contributed by atoms with Crippen LogP contribution in [0.15, 0.2) is 71.0 Å². The monoisotopic (exact) mass is 642 g/mol. The van der Waals surface area contributed by atoms with Gasteiger partial charge in [-0.25, -0.2) is 4.79 Å². The van der Waals surface area contributed by atoms with Gasteiger partial charge in [0.25, 0.3) is 0 Å².